The molecule has 1 fully saturated rings. The number of nitrogens with zero attached hydrogens (tertiary/aromatic N) is 2. The molecule has 3 aromatic rings. The highest BCUT2D eigenvalue weighted by Gasteiger charge is 2.22. The highest BCUT2D eigenvalue weighted by Crippen LogP contribution is 2.25. The zero-order valence-electron chi connectivity index (χ0n) is 19.6. The third kappa shape index (κ3) is 6.04. The third-order valence-electron chi connectivity index (χ3n) is 6.25. The number of aromatic nitrogens is 2. The molecule has 184 valence electrons. The Hall–Kier alpha value is -2.87. The second-order valence-electron chi connectivity index (χ2n) is 8.88. The van der Waals surface area contributed by atoms with Crippen LogP contribution in [0.25, 0.3) is 5.69 Å². The molecule has 1 heterocycles. The van der Waals surface area contributed by atoms with Crippen molar-refractivity contribution < 1.29 is 9.59 Å². The Bertz CT molecular complexity index is 1200. The standard InChI is InChI=1S/C26H29Cl2N5O2/c1-2-3-24-22(15-30-33(24)20-11-4-16(27)5-12-20)26(35)32-19-10-13-21(23(28)14-19)25(34)31-18-8-6-17(29)7-9-18/h4-5,10-15,17-18H,2-3,6-9,29H2,1H3,(H,31,34)(H,32,35). The van der Waals surface area contributed by atoms with Gasteiger partial charge in [0.2, 0.25) is 0 Å². The highest BCUT2D eigenvalue weighted by atomic mass is 35.5. The fourth-order valence-electron chi connectivity index (χ4n) is 4.35. The molecule has 0 saturated heterocycles. The molecule has 0 bridgehead atoms. The van der Waals surface area contributed by atoms with Gasteiger partial charge in [-0.25, -0.2) is 4.68 Å². The van der Waals surface area contributed by atoms with E-state index in [4.69, 9.17) is 28.9 Å². The molecule has 1 saturated carbocycles. The first-order valence-electron chi connectivity index (χ1n) is 11.9. The second-order valence-corrected chi connectivity index (χ2v) is 9.72. The predicted octanol–water partition coefficient (Wildman–Crippen LogP) is 5.38. The van der Waals surface area contributed by atoms with Crippen molar-refractivity contribution in [1.82, 2.24) is 15.1 Å². The maximum atomic E-state index is 13.1. The van der Waals surface area contributed by atoms with Crippen LogP contribution >= 0.6 is 23.2 Å². The Labute approximate surface area is 215 Å². The normalized spacial score (nSPS) is 17.7. The minimum Gasteiger partial charge on any atom is -0.349 e. The molecule has 1 aromatic heterocycles. The van der Waals surface area contributed by atoms with Gasteiger partial charge in [-0.15, -0.1) is 0 Å². The Morgan fingerprint density at radius 3 is 2.40 bits per heavy atom. The van der Waals surface area contributed by atoms with Gasteiger partial charge in [-0.3, -0.25) is 9.59 Å². The Morgan fingerprint density at radius 1 is 1.03 bits per heavy atom. The van der Waals surface area contributed by atoms with Crippen molar-refractivity contribution >= 4 is 40.7 Å². The van der Waals surface area contributed by atoms with Gasteiger partial charge in [0.15, 0.2) is 0 Å². The third-order valence-corrected chi connectivity index (χ3v) is 6.81. The quantitative estimate of drug-likeness (QED) is 0.394. The molecular weight excluding hydrogens is 485 g/mol. The van der Waals surface area contributed by atoms with Crippen LogP contribution in [0.5, 0.6) is 0 Å². The fraction of sp³-hybridized carbons (Fsp3) is 0.346. The van der Waals surface area contributed by atoms with Crippen LogP contribution in [0.4, 0.5) is 5.69 Å². The van der Waals surface area contributed by atoms with Gasteiger partial charge < -0.3 is 16.4 Å². The Kier molecular flexibility index (Phi) is 8.11. The summed E-state index contributed by atoms with van der Waals surface area (Å²) in [6.45, 7) is 2.05. The summed E-state index contributed by atoms with van der Waals surface area (Å²) in [5.74, 6) is -0.511. The van der Waals surface area contributed by atoms with Gasteiger partial charge in [0.25, 0.3) is 11.8 Å². The van der Waals surface area contributed by atoms with E-state index in [1.54, 1.807) is 41.2 Å². The first kappa shape index (κ1) is 25.2. The topological polar surface area (TPSA) is 102 Å². The molecule has 0 atom stereocenters. The summed E-state index contributed by atoms with van der Waals surface area (Å²) in [4.78, 5) is 25.8. The van der Waals surface area contributed by atoms with Gasteiger partial charge in [-0.2, -0.15) is 5.10 Å². The van der Waals surface area contributed by atoms with Crippen LogP contribution in [0.15, 0.2) is 48.7 Å². The molecule has 4 N–H and O–H groups in total. The largest absolute Gasteiger partial charge is 0.349 e. The molecule has 35 heavy (non-hydrogen) atoms. The minimum absolute atomic E-state index is 0.104. The molecule has 1 aliphatic carbocycles. The van der Waals surface area contributed by atoms with Crippen LogP contribution in [0.2, 0.25) is 10.0 Å². The molecule has 9 heteroatoms. The molecule has 7 nitrogen and oxygen atoms in total. The zero-order chi connectivity index (χ0) is 24.9. The number of anilines is 1. The van der Waals surface area contributed by atoms with E-state index >= 15 is 0 Å². The van der Waals surface area contributed by atoms with Gasteiger partial charge in [-0.05, 0) is 74.6 Å². The highest BCUT2D eigenvalue weighted by molar-refractivity contribution is 6.34. The van der Waals surface area contributed by atoms with Crippen LogP contribution in [-0.4, -0.2) is 33.7 Å². The molecule has 0 aliphatic heterocycles. The fourth-order valence-corrected chi connectivity index (χ4v) is 4.74. The summed E-state index contributed by atoms with van der Waals surface area (Å²) in [7, 11) is 0. The van der Waals surface area contributed by atoms with Crippen molar-refractivity contribution in [3.8, 4) is 5.69 Å². The first-order chi connectivity index (χ1) is 16.9. The summed E-state index contributed by atoms with van der Waals surface area (Å²) >= 11 is 12.4. The molecule has 1 aliphatic rings. The maximum Gasteiger partial charge on any atom is 0.259 e. The van der Waals surface area contributed by atoms with Crippen LogP contribution in [0, 0.1) is 0 Å². The molecule has 0 radical (unpaired) electrons. The number of benzene rings is 2. The Morgan fingerprint density at radius 2 is 1.74 bits per heavy atom. The zero-order valence-corrected chi connectivity index (χ0v) is 21.1. The molecule has 0 unspecified atom stereocenters. The lowest BCUT2D eigenvalue weighted by molar-refractivity contribution is 0.0925. The van der Waals surface area contributed by atoms with Crippen molar-refractivity contribution in [1.29, 1.82) is 0 Å². The van der Waals surface area contributed by atoms with E-state index in [9.17, 15) is 9.59 Å². The van der Waals surface area contributed by atoms with E-state index in [-0.39, 0.29) is 28.9 Å². The van der Waals surface area contributed by atoms with Crippen molar-refractivity contribution in [2.45, 2.75) is 57.5 Å². The van der Waals surface area contributed by atoms with Gasteiger partial charge in [-0.1, -0.05) is 36.5 Å². The average Bonchev–Trinajstić information content (AvgIpc) is 3.25. The van der Waals surface area contributed by atoms with Crippen LogP contribution < -0.4 is 16.4 Å². The molecule has 0 spiro atoms. The summed E-state index contributed by atoms with van der Waals surface area (Å²) in [5.41, 5.74) is 8.94. The number of hydrogen-bond donors (Lipinski definition) is 3. The summed E-state index contributed by atoms with van der Waals surface area (Å²) in [5, 5.41) is 11.3. The van der Waals surface area contributed by atoms with Crippen molar-refractivity contribution in [3.63, 3.8) is 0 Å². The number of nitrogens with two attached hydrogens (primary N) is 1. The average molecular weight is 514 g/mol. The lowest BCUT2D eigenvalue weighted by atomic mass is 9.91. The second kappa shape index (κ2) is 11.2. The van der Waals surface area contributed by atoms with Gasteiger partial charge in [0.1, 0.15) is 0 Å². The number of carbonyl (C=O) groups excluding carboxylic acids is 2. The lowest BCUT2D eigenvalue weighted by Gasteiger charge is -2.27. The number of halogens is 2. The van der Waals surface area contributed by atoms with Gasteiger partial charge in [0.05, 0.1) is 33.7 Å². The van der Waals surface area contributed by atoms with E-state index in [2.05, 4.69) is 15.7 Å². The van der Waals surface area contributed by atoms with Crippen LogP contribution in [0.3, 0.4) is 0 Å². The van der Waals surface area contributed by atoms with Crippen molar-refractivity contribution in [3.05, 3.63) is 75.5 Å². The maximum absolute atomic E-state index is 13.1. The number of hydrogen-bond acceptors (Lipinski definition) is 4. The van der Waals surface area contributed by atoms with E-state index in [1.807, 2.05) is 19.1 Å². The number of rotatable bonds is 7. The van der Waals surface area contributed by atoms with E-state index < -0.39 is 0 Å². The monoisotopic (exact) mass is 513 g/mol. The number of nitrogens with one attached hydrogen (secondary N) is 2. The predicted molar refractivity (Wildman–Crippen MR) is 140 cm³/mol. The minimum atomic E-state index is -0.291. The molecule has 2 aromatic carbocycles. The smallest absolute Gasteiger partial charge is 0.259 e. The van der Waals surface area contributed by atoms with Gasteiger partial charge in [0, 0.05) is 22.8 Å². The molecular formula is C26H29Cl2N5O2. The van der Waals surface area contributed by atoms with Gasteiger partial charge >= 0.3 is 0 Å². The SMILES string of the molecule is CCCc1c(C(=O)Nc2ccc(C(=O)NC3CCC(N)CC3)c(Cl)c2)cnn1-c1ccc(Cl)cc1. The molecule has 2 amide bonds. The number of amides is 2. The summed E-state index contributed by atoms with van der Waals surface area (Å²) in [6, 6.07) is 12.5. The van der Waals surface area contributed by atoms with Crippen LogP contribution in [-0.2, 0) is 6.42 Å². The van der Waals surface area contributed by atoms with Crippen LogP contribution in [0.1, 0.15) is 65.4 Å². The molecule has 4 rings (SSSR count). The lowest BCUT2D eigenvalue weighted by Crippen LogP contribution is -2.40. The van der Waals surface area contributed by atoms with Crippen molar-refractivity contribution in [2.75, 3.05) is 5.32 Å². The first-order valence-corrected chi connectivity index (χ1v) is 12.6. The Balaban J connectivity index is 1.47. The van der Waals surface area contributed by atoms with Crippen molar-refractivity contribution in [2.24, 2.45) is 5.73 Å². The van der Waals surface area contributed by atoms with E-state index in [1.165, 1.54) is 0 Å². The van der Waals surface area contributed by atoms with E-state index in [0.717, 1.165) is 43.5 Å². The summed E-state index contributed by atoms with van der Waals surface area (Å²) in [6.07, 6.45) is 6.62. The van der Waals surface area contributed by atoms with E-state index in [0.29, 0.717) is 28.3 Å². The number of carbonyl (C=O) groups is 2. The summed E-state index contributed by atoms with van der Waals surface area (Å²) < 4.78 is 1.76.